The van der Waals surface area contributed by atoms with Gasteiger partial charge in [0.25, 0.3) is 0 Å². The predicted octanol–water partition coefficient (Wildman–Crippen LogP) is 4.02. The van der Waals surface area contributed by atoms with E-state index in [4.69, 9.17) is 0 Å². The van der Waals surface area contributed by atoms with E-state index >= 15 is 0 Å². The highest BCUT2D eigenvalue weighted by Crippen LogP contribution is 2.20. The van der Waals surface area contributed by atoms with Crippen molar-refractivity contribution in [2.24, 2.45) is 0 Å². The second kappa shape index (κ2) is 7.15. The SMILES string of the molecule is CC.CCc1ccc(OC(F)F)c(F)c1. The van der Waals surface area contributed by atoms with Crippen molar-refractivity contribution in [1.29, 1.82) is 0 Å². The van der Waals surface area contributed by atoms with Crippen LogP contribution < -0.4 is 4.74 Å². The first kappa shape index (κ1) is 13.8. The van der Waals surface area contributed by atoms with Gasteiger partial charge in [-0.3, -0.25) is 0 Å². The summed E-state index contributed by atoms with van der Waals surface area (Å²) in [5, 5.41) is 0. The van der Waals surface area contributed by atoms with Gasteiger partial charge < -0.3 is 4.74 Å². The summed E-state index contributed by atoms with van der Waals surface area (Å²) in [6.07, 6.45) is 0.659. The Balaban J connectivity index is 0.000000921. The number of hydrogen-bond donors (Lipinski definition) is 0. The lowest BCUT2D eigenvalue weighted by molar-refractivity contribution is -0.0522. The molecule has 0 heterocycles. The molecule has 0 saturated carbocycles. The van der Waals surface area contributed by atoms with Gasteiger partial charge in [0.05, 0.1) is 0 Å². The highest BCUT2D eigenvalue weighted by molar-refractivity contribution is 5.29. The van der Waals surface area contributed by atoms with Crippen molar-refractivity contribution in [2.75, 3.05) is 0 Å². The van der Waals surface area contributed by atoms with Crippen LogP contribution in [-0.4, -0.2) is 6.61 Å². The standard InChI is InChI=1S/C9H9F3O.C2H6/c1-2-6-3-4-8(7(10)5-6)13-9(11)12;1-2/h3-5,9H,2H2,1H3;1-2H3. The first-order chi connectivity index (χ1) is 7.13. The molecule has 0 amide bonds. The Morgan fingerprint density at radius 1 is 1.27 bits per heavy atom. The second-order valence-corrected chi connectivity index (χ2v) is 2.50. The minimum Gasteiger partial charge on any atom is -0.432 e. The van der Waals surface area contributed by atoms with E-state index in [9.17, 15) is 13.2 Å². The Morgan fingerprint density at radius 3 is 2.27 bits per heavy atom. The van der Waals surface area contributed by atoms with E-state index in [2.05, 4.69) is 4.74 Å². The van der Waals surface area contributed by atoms with Crippen molar-refractivity contribution in [1.82, 2.24) is 0 Å². The van der Waals surface area contributed by atoms with Gasteiger partial charge in [-0.15, -0.1) is 0 Å². The topological polar surface area (TPSA) is 9.23 Å². The molecule has 15 heavy (non-hydrogen) atoms. The van der Waals surface area contributed by atoms with E-state index in [1.54, 1.807) is 6.07 Å². The van der Waals surface area contributed by atoms with Crippen LogP contribution in [0, 0.1) is 5.82 Å². The van der Waals surface area contributed by atoms with Gasteiger partial charge in [-0.2, -0.15) is 8.78 Å². The van der Waals surface area contributed by atoms with Gasteiger partial charge in [0, 0.05) is 0 Å². The van der Waals surface area contributed by atoms with E-state index in [0.29, 0.717) is 6.42 Å². The van der Waals surface area contributed by atoms with Crippen LogP contribution in [0.2, 0.25) is 0 Å². The van der Waals surface area contributed by atoms with Gasteiger partial charge in [0.2, 0.25) is 0 Å². The average Bonchev–Trinajstić information content (AvgIpc) is 2.23. The number of benzene rings is 1. The molecule has 0 radical (unpaired) electrons. The maximum atomic E-state index is 12.9. The molecule has 0 N–H and O–H groups in total. The third-order valence-electron chi connectivity index (χ3n) is 1.62. The van der Waals surface area contributed by atoms with E-state index in [1.165, 1.54) is 12.1 Å². The number of alkyl halides is 2. The molecule has 86 valence electrons. The maximum absolute atomic E-state index is 12.9. The van der Waals surface area contributed by atoms with Crippen LogP contribution >= 0.6 is 0 Å². The van der Waals surface area contributed by atoms with Crippen LogP contribution in [0.25, 0.3) is 0 Å². The first-order valence-electron chi connectivity index (χ1n) is 4.86. The normalized spacial score (nSPS) is 9.53. The third kappa shape index (κ3) is 4.72. The number of aryl methyl sites for hydroxylation is 1. The van der Waals surface area contributed by atoms with Crippen molar-refractivity contribution < 1.29 is 17.9 Å². The molecule has 4 heteroatoms. The molecule has 0 aliphatic rings. The smallest absolute Gasteiger partial charge is 0.387 e. The summed E-state index contributed by atoms with van der Waals surface area (Å²) in [5.74, 6) is -1.16. The van der Waals surface area contributed by atoms with Gasteiger partial charge in [-0.25, -0.2) is 4.39 Å². The molecule has 1 aromatic carbocycles. The van der Waals surface area contributed by atoms with E-state index < -0.39 is 18.2 Å². The third-order valence-corrected chi connectivity index (χ3v) is 1.62. The molecule has 1 nitrogen and oxygen atoms in total. The number of halogens is 3. The second-order valence-electron chi connectivity index (χ2n) is 2.50. The molecule has 1 aromatic rings. The van der Waals surface area contributed by atoms with Gasteiger partial charge in [0.15, 0.2) is 11.6 Å². The minimum atomic E-state index is -2.98. The fourth-order valence-electron chi connectivity index (χ4n) is 0.956. The predicted molar refractivity (Wildman–Crippen MR) is 53.8 cm³/mol. The largest absolute Gasteiger partial charge is 0.432 e. The zero-order chi connectivity index (χ0) is 11.8. The van der Waals surface area contributed by atoms with Crippen molar-refractivity contribution in [3.05, 3.63) is 29.6 Å². The lowest BCUT2D eigenvalue weighted by Crippen LogP contribution is -2.03. The van der Waals surface area contributed by atoms with E-state index in [0.717, 1.165) is 5.56 Å². The molecular formula is C11H15F3O. The summed E-state index contributed by atoms with van der Waals surface area (Å²) in [5.41, 5.74) is 0.749. The van der Waals surface area contributed by atoms with Crippen LogP contribution in [0.15, 0.2) is 18.2 Å². The lowest BCUT2D eigenvalue weighted by atomic mass is 10.1. The van der Waals surface area contributed by atoms with Crippen LogP contribution in [0.1, 0.15) is 26.3 Å². The number of hydrogen-bond acceptors (Lipinski definition) is 1. The lowest BCUT2D eigenvalue weighted by Gasteiger charge is -2.06. The Labute approximate surface area is 87.9 Å². The molecular weight excluding hydrogens is 205 g/mol. The number of rotatable bonds is 3. The Hall–Kier alpha value is -1.19. The van der Waals surface area contributed by atoms with Crippen LogP contribution in [0.3, 0.4) is 0 Å². The van der Waals surface area contributed by atoms with Gasteiger partial charge >= 0.3 is 6.61 Å². The summed E-state index contributed by atoms with van der Waals surface area (Å²) < 4.78 is 40.3. The van der Waals surface area contributed by atoms with Crippen molar-refractivity contribution in [3.63, 3.8) is 0 Å². The summed E-state index contributed by atoms with van der Waals surface area (Å²) in [6.45, 7) is 2.87. The van der Waals surface area contributed by atoms with Gasteiger partial charge in [0.1, 0.15) is 0 Å². The fourth-order valence-corrected chi connectivity index (χ4v) is 0.956. The quantitative estimate of drug-likeness (QED) is 0.747. The zero-order valence-corrected chi connectivity index (χ0v) is 9.06. The Bertz CT molecular complexity index is 287. The summed E-state index contributed by atoms with van der Waals surface area (Å²) in [4.78, 5) is 0. The molecule has 0 aliphatic heterocycles. The summed E-state index contributed by atoms with van der Waals surface area (Å²) in [6, 6.07) is 3.96. The molecule has 1 rings (SSSR count). The molecule has 0 aliphatic carbocycles. The molecule has 0 bridgehead atoms. The zero-order valence-electron chi connectivity index (χ0n) is 9.06. The number of ether oxygens (including phenoxy) is 1. The van der Waals surface area contributed by atoms with E-state index in [-0.39, 0.29) is 0 Å². The Morgan fingerprint density at radius 2 is 1.87 bits per heavy atom. The molecule has 0 unspecified atom stereocenters. The van der Waals surface area contributed by atoms with Crippen LogP contribution in [0.4, 0.5) is 13.2 Å². The van der Waals surface area contributed by atoms with Crippen molar-refractivity contribution in [3.8, 4) is 5.75 Å². The Kier molecular flexibility index (Phi) is 6.58. The highest BCUT2D eigenvalue weighted by Gasteiger charge is 2.09. The van der Waals surface area contributed by atoms with Crippen molar-refractivity contribution >= 4 is 0 Å². The highest BCUT2D eigenvalue weighted by atomic mass is 19.3. The van der Waals surface area contributed by atoms with Gasteiger partial charge in [-0.05, 0) is 24.1 Å². The molecule has 0 atom stereocenters. The average molecular weight is 220 g/mol. The van der Waals surface area contributed by atoms with Crippen molar-refractivity contribution in [2.45, 2.75) is 33.8 Å². The maximum Gasteiger partial charge on any atom is 0.387 e. The van der Waals surface area contributed by atoms with E-state index in [1.807, 2.05) is 20.8 Å². The van der Waals surface area contributed by atoms with Gasteiger partial charge in [-0.1, -0.05) is 26.8 Å². The molecule has 0 saturated heterocycles. The summed E-state index contributed by atoms with van der Waals surface area (Å²) >= 11 is 0. The summed E-state index contributed by atoms with van der Waals surface area (Å²) in [7, 11) is 0. The minimum absolute atomic E-state index is 0.410. The first-order valence-corrected chi connectivity index (χ1v) is 4.86. The molecule has 0 fully saturated rings. The monoisotopic (exact) mass is 220 g/mol. The fraction of sp³-hybridized carbons (Fsp3) is 0.455. The molecule has 0 aromatic heterocycles. The van der Waals surface area contributed by atoms with Crippen LogP contribution in [-0.2, 0) is 6.42 Å². The molecule has 0 spiro atoms. The van der Waals surface area contributed by atoms with Crippen LogP contribution in [0.5, 0.6) is 5.75 Å².